The number of fused-ring (bicyclic) bond motifs is 3. The number of hydrogen-bond donors (Lipinski definition) is 1. The molecule has 0 radical (unpaired) electrons. The molecule has 1 aromatic carbocycles. The van der Waals surface area contributed by atoms with E-state index in [2.05, 4.69) is 9.97 Å². The van der Waals surface area contributed by atoms with Crippen molar-refractivity contribution in [2.75, 3.05) is 0 Å². The number of benzene rings is 1. The zero-order valence-corrected chi connectivity index (χ0v) is 14.0. The van der Waals surface area contributed by atoms with Crippen molar-refractivity contribution in [3.05, 3.63) is 48.0 Å². The number of carbonyl (C=O) groups is 1. The van der Waals surface area contributed by atoms with Crippen molar-refractivity contribution in [3.63, 3.8) is 0 Å². The standard InChI is InChI=1S/C19H20FN3O2/c1-11-12-6-7-15(16(24)10-12)23(11)19(25)13-4-2-5-14(20)17(13)18-21-8-3-9-22-18/h2-5,8-9,11-12,15-16,24H,6-7,10H2,1H3/t11-,12-,15+,16-/m1/s1. The molecule has 1 amide bonds. The van der Waals surface area contributed by atoms with E-state index in [1.807, 2.05) is 6.92 Å². The minimum atomic E-state index is -0.521. The number of carbonyl (C=O) groups excluding carboxylic acids is 1. The average Bonchev–Trinajstić information content (AvgIpc) is 2.63. The highest BCUT2D eigenvalue weighted by molar-refractivity contribution is 6.00. The van der Waals surface area contributed by atoms with Gasteiger partial charge in [-0.1, -0.05) is 6.07 Å². The Bertz CT molecular complexity index is 799. The van der Waals surface area contributed by atoms with Gasteiger partial charge in [-0.05, 0) is 50.3 Å². The van der Waals surface area contributed by atoms with Crippen LogP contribution in [0.5, 0.6) is 0 Å². The molecule has 6 heteroatoms. The predicted octanol–water partition coefficient (Wildman–Crippen LogP) is 2.66. The fraction of sp³-hybridized carbons (Fsp3) is 0.421. The third-order valence-electron chi connectivity index (χ3n) is 5.57. The van der Waals surface area contributed by atoms with E-state index in [-0.39, 0.29) is 40.9 Å². The van der Waals surface area contributed by atoms with Crippen molar-refractivity contribution in [2.45, 2.75) is 44.4 Å². The molecule has 0 unspecified atom stereocenters. The van der Waals surface area contributed by atoms with Gasteiger partial charge in [-0.2, -0.15) is 0 Å². The molecule has 2 aliphatic heterocycles. The average molecular weight is 341 g/mol. The van der Waals surface area contributed by atoms with Gasteiger partial charge in [0.2, 0.25) is 0 Å². The fourth-order valence-corrected chi connectivity index (χ4v) is 4.29. The molecule has 3 aliphatic rings. The SMILES string of the molecule is C[C@@H]1[C@@H]2CC[C@@H]([C@H](O)C2)N1C(=O)c1cccc(F)c1-c1ncccn1. The van der Waals surface area contributed by atoms with E-state index in [0.29, 0.717) is 0 Å². The van der Waals surface area contributed by atoms with Crippen LogP contribution in [-0.4, -0.2) is 44.1 Å². The molecule has 3 heterocycles. The number of halogens is 1. The summed E-state index contributed by atoms with van der Waals surface area (Å²) in [7, 11) is 0. The minimum absolute atomic E-state index is 0.0301. The van der Waals surface area contributed by atoms with Crippen LogP contribution in [0.1, 0.15) is 36.5 Å². The van der Waals surface area contributed by atoms with Crippen molar-refractivity contribution >= 4 is 5.91 Å². The van der Waals surface area contributed by atoms with Crippen LogP contribution in [-0.2, 0) is 0 Å². The molecule has 3 fully saturated rings. The maximum Gasteiger partial charge on any atom is 0.255 e. The van der Waals surface area contributed by atoms with E-state index < -0.39 is 11.9 Å². The van der Waals surface area contributed by atoms with Gasteiger partial charge in [0, 0.05) is 18.4 Å². The van der Waals surface area contributed by atoms with Crippen LogP contribution < -0.4 is 0 Å². The van der Waals surface area contributed by atoms with Crippen LogP contribution in [0.15, 0.2) is 36.7 Å². The lowest BCUT2D eigenvalue weighted by Crippen LogP contribution is -2.62. The Morgan fingerprint density at radius 3 is 2.72 bits per heavy atom. The summed E-state index contributed by atoms with van der Waals surface area (Å²) in [5.41, 5.74) is 0.369. The second kappa shape index (κ2) is 6.19. The Balaban J connectivity index is 1.78. The summed E-state index contributed by atoms with van der Waals surface area (Å²) in [6.07, 6.45) is 5.08. The second-order valence-corrected chi connectivity index (χ2v) is 6.90. The first-order chi connectivity index (χ1) is 12.1. The van der Waals surface area contributed by atoms with Crippen molar-refractivity contribution in [1.29, 1.82) is 0 Å². The summed E-state index contributed by atoms with van der Waals surface area (Å²) in [6.45, 7) is 2.01. The maximum atomic E-state index is 14.5. The van der Waals surface area contributed by atoms with Crippen LogP contribution >= 0.6 is 0 Å². The van der Waals surface area contributed by atoms with Gasteiger partial charge >= 0.3 is 0 Å². The number of aliphatic hydroxyl groups excluding tert-OH is 1. The highest BCUT2D eigenvalue weighted by Gasteiger charge is 2.47. The third kappa shape index (κ3) is 2.61. The number of aliphatic hydroxyl groups is 1. The van der Waals surface area contributed by atoms with Crippen LogP contribution in [0, 0.1) is 11.7 Å². The quantitative estimate of drug-likeness (QED) is 0.912. The number of rotatable bonds is 2. The molecule has 1 saturated carbocycles. The molecule has 2 aromatic rings. The molecule has 5 nitrogen and oxygen atoms in total. The van der Waals surface area contributed by atoms with E-state index in [9.17, 15) is 14.3 Å². The van der Waals surface area contributed by atoms with Crippen molar-refractivity contribution in [1.82, 2.24) is 14.9 Å². The van der Waals surface area contributed by atoms with Crippen molar-refractivity contribution in [3.8, 4) is 11.4 Å². The summed E-state index contributed by atoms with van der Waals surface area (Å²) in [4.78, 5) is 23.2. The van der Waals surface area contributed by atoms with Gasteiger partial charge in [-0.25, -0.2) is 14.4 Å². The molecule has 2 bridgehead atoms. The van der Waals surface area contributed by atoms with Gasteiger partial charge in [-0.15, -0.1) is 0 Å². The van der Waals surface area contributed by atoms with Gasteiger partial charge in [0.15, 0.2) is 5.82 Å². The van der Waals surface area contributed by atoms with Gasteiger partial charge in [-0.3, -0.25) is 4.79 Å². The van der Waals surface area contributed by atoms with Crippen LogP contribution in [0.25, 0.3) is 11.4 Å². The molecule has 1 N–H and O–H groups in total. The number of aromatic nitrogens is 2. The van der Waals surface area contributed by atoms with E-state index in [1.54, 1.807) is 17.0 Å². The van der Waals surface area contributed by atoms with Gasteiger partial charge in [0.1, 0.15) is 5.82 Å². The molecular formula is C19H20FN3O2. The monoisotopic (exact) mass is 341 g/mol. The maximum absolute atomic E-state index is 14.5. The Morgan fingerprint density at radius 2 is 2.00 bits per heavy atom. The predicted molar refractivity (Wildman–Crippen MR) is 90.2 cm³/mol. The van der Waals surface area contributed by atoms with E-state index >= 15 is 0 Å². The summed E-state index contributed by atoms with van der Waals surface area (Å²) in [6, 6.07) is 5.91. The molecule has 5 rings (SSSR count). The summed E-state index contributed by atoms with van der Waals surface area (Å²) in [5.74, 6) is -0.302. The molecule has 130 valence electrons. The number of amides is 1. The highest BCUT2D eigenvalue weighted by atomic mass is 19.1. The Kier molecular flexibility index (Phi) is 4.00. The molecule has 1 aromatic heterocycles. The van der Waals surface area contributed by atoms with Crippen LogP contribution in [0.4, 0.5) is 4.39 Å². The number of hydrogen-bond acceptors (Lipinski definition) is 4. The van der Waals surface area contributed by atoms with Crippen LogP contribution in [0.3, 0.4) is 0 Å². The lowest BCUT2D eigenvalue weighted by Gasteiger charge is -2.52. The highest BCUT2D eigenvalue weighted by Crippen LogP contribution is 2.41. The first-order valence-corrected chi connectivity index (χ1v) is 8.64. The van der Waals surface area contributed by atoms with Crippen LogP contribution in [0.2, 0.25) is 0 Å². The molecule has 0 spiro atoms. The lowest BCUT2D eigenvalue weighted by atomic mass is 9.73. The van der Waals surface area contributed by atoms with Gasteiger partial charge in [0.25, 0.3) is 5.91 Å². The molecular weight excluding hydrogens is 321 g/mol. The first-order valence-electron chi connectivity index (χ1n) is 8.64. The van der Waals surface area contributed by atoms with E-state index in [0.717, 1.165) is 19.3 Å². The van der Waals surface area contributed by atoms with Gasteiger partial charge in [0.05, 0.1) is 23.3 Å². The molecule has 2 saturated heterocycles. The zero-order valence-electron chi connectivity index (χ0n) is 14.0. The van der Waals surface area contributed by atoms with Gasteiger partial charge < -0.3 is 10.0 Å². The van der Waals surface area contributed by atoms with E-state index in [1.165, 1.54) is 24.5 Å². The summed E-state index contributed by atoms with van der Waals surface area (Å²) in [5, 5.41) is 10.3. The number of piperidine rings is 2. The first kappa shape index (κ1) is 16.1. The zero-order chi connectivity index (χ0) is 17.6. The fourth-order valence-electron chi connectivity index (χ4n) is 4.29. The molecule has 1 aliphatic carbocycles. The Morgan fingerprint density at radius 1 is 1.24 bits per heavy atom. The molecule has 25 heavy (non-hydrogen) atoms. The third-order valence-corrected chi connectivity index (χ3v) is 5.57. The normalized spacial score (nSPS) is 28.2. The smallest absolute Gasteiger partial charge is 0.255 e. The molecule has 4 atom stereocenters. The number of nitrogens with zero attached hydrogens (tertiary/aromatic N) is 3. The lowest BCUT2D eigenvalue weighted by molar-refractivity contribution is -0.0687. The Hall–Kier alpha value is -2.34. The summed E-state index contributed by atoms with van der Waals surface area (Å²) < 4.78 is 14.5. The second-order valence-electron chi connectivity index (χ2n) is 6.90. The topological polar surface area (TPSA) is 66.3 Å². The Labute approximate surface area is 145 Å². The largest absolute Gasteiger partial charge is 0.391 e. The van der Waals surface area contributed by atoms with Crippen molar-refractivity contribution in [2.24, 2.45) is 5.92 Å². The minimum Gasteiger partial charge on any atom is -0.391 e. The van der Waals surface area contributed by atoms with Crippen molar-refractivity contribution < 1.29 is 14.3 Å². The summed E-state index contributed by atoms with van der Waals surface area (Å²) >= 11 is 0. The van der Waals surface area contributed by atoms with E-state index in [4.69, 9.17) is 0 Å².